The van der Waals surface area contributed by atoms with Gasteiger partial charge in [-0.1, -0.05) is 19.6 Å². The molecule has 1 aromatic heterocycles. The molecule has 92 valence electrons. The number of allylic oxidation sites excluding steroid dienone is 3. The van der Waals surface area contributed by atoms with E-state index >= 15 is 0 Å². The van der Waals surface area contributed by atoms with Crippen LogP contribution in [0.2, 0.25) is 0 Å². The standard InChI is InChI=1S/C12H13BN4.CH4/c1-17-6-2-3-9(8-17)10-7-15-12(16-10)5-4-11(13)14;/h2-5,7-8,14H,6H2,1H3,(H,15,16);1H4/b5-4-,14-11?;. The minimum absolute atomic E-state index is 0. The Hall–Kier alpha value is -2.04. The number of imidazole rings is 1. The van der Waals surface area contributed by atoms with Gasteiger partial charge in [-0.2, -0.15) is 0 Å². The highest BCUT2D eigenvalue weighted by Gasteiger charge is 2.06. The molecule has 0 aromatic carbocycles. The van der Waals surface area contributed by atoms with Gasteiger partial charge < -0.3 is 15.3 Å². The molecule has 2 heterocycles. The van der Waals surface area contributed by atoms with E-state index in [4.69, 9.17) is 13.3 Å². The third kappa shape index (κ3) is 3.48. The molecule has 2 rings (SSSR count). The van der Waals surface area contributed by atoms with E-state index in [0.717, 1.165) is 17.8 Å². The molecule has 5 heteroatoms. The zero-order valence-corrected chi connectivity index (χ0v) is 9.64. The highest BCUT2D eigenvalue weighted by atomic mass is 15.1. The maximum atomic E-state index is 7.09. The summed E-state index contributed by atoms with van der Waals surface area (Å²) < 4.78 is 0. The Kier molecular flexibility index (Phi) is 4.71. The number of likely N-dealkylation sites (N-methyl/N-ethyl adjacent to an activating group) is 1. The number of H-pyrrole nitrogens is 1. The number of aromatic amines is 1. The summed E-state index contributed by atoms with van der Waals surface area (Å²) in [5.41, 5.74) is 2.06. The molecule has 0 amide bonds. The molecule has 1 aromatic rings. The van der Waals surface area contributed by atoms with Gasteiger partial charge in [0, 0.05) is 25.4 Å². The number of hydrogen-bond acceptors (Lipinski definition) is 3. The highest BCUT2D eigenvalue weighted by Crippen LogP contribution is 2.17. The van der Waals surface area contributed by atoms with Crippen LogP contribution in [0.4, 0.5) is 0 Å². The molecule has 18 heavy (non-hydrogen) atoms. The second kappa shape index (κ2) is 6.05. The molecule has 2 radical (unpaired) electrons. The highest BCUT2D eigenvalue weighted by molar-refractivity contribution is 6.62. The van der Waals surface area contributed by atoms with Crippen LogP contribution >= 0.6 is 0 Å². The predicted molar refractivity (Wildman–Crippen MR) is 77.6 cm³/mol. The Morgan fingerprint density at radius 1 is 1.61 bits per heavy atom. The topological polar surface area (TPSA) is 55.8 Å². The van der Waals surface area contributed by atoms with Crippen LogP contribution in [0, 0.1) is 5.41 Å². The quantitative estimate of drug-likeness (QED) is 0.627. The van der Waals surface area contributed by atoms with Gasteiger partial charge in [-0.15, -0.1) is 0 Å². The van der Waals surface area contributed by atoms with E-state index < -0.39 is 0 Å². The largest absolute Gasteiger partial charge is 0.376 e. The van der Waals surface area contributed by atoms with Crippen LogP contribution in [0.25, 0.3) is 11.6 Å². The van der Waals surface area contributed by atoms with Crippen molar-refractivity contribution >= 4 is 25.1 Å². The van der Waals surface area contributed by atoms with Gasteiger partial charge in [0.15, 0.2) is 0 Å². The summed E-state index contributed by atoms with van der Waals surface area (Å²) >= 11 is 0. The fraction of sp³-hybridized carbons (Fsp3) is 0.231. The Morgan fingerprint density at radius 3 is 3.06 bits per heavy atom. The van der Waals surface area contributed by atoms with Crippen molar-refractivity contribution < 1.29 is 0 Å². The Labute approximate surface area is 109 Å². The fourth-order valence-corrected chi connectivity index (χ4v) is 1.58. The van der Waals surface area contributed by atoms with Crippen LogP contribution in [0.1, 0.15) is 18.9 Å². The first-order chi connectivity index (χ1) is 8.15. The number of hydrogen-bond donors (Lipinski definition) is 2. The Balaban J connectivity index is 0.00000162. The Morgan fingerprint density at radius 2 is 2.39 bits per heavy atom. The molecule has 0 bridgehead atoms. The molecular weight excluding hydrogens is 223 g/mol. The second-order valence-corrected chi connectivity index (χ2v) is 3.90. The van der Waals surface area contributed by atoms with Crippen LogP contribution in [0.3, 0.4) is 0 Å². The summed E-state index contributed by atoms with van der Waals surface area (Å²) in [7, 11) is 7.26. The summed E-state index contributed by atoms with van der Waals surface area (Å²) in [6.45, 7) is 0.925. The number of aromatic nitrogens is 2. The van der Waals surface area contributed by atoms with E-state index in [-0.39, 0.29) is 13.0 Å². The predicted octanol–water partition coefficient (Wildman–Crippen LogP) is 2.05. The first kappa shape index (κ1) is 14.0. The molecule has 2 N–H and O–H groups in total. The second-order valence-electron chi connectivity index (χ2n) is 3.90. The van der Waals surface area contributed by atoms with Crippen molar-refractivity contribution in [2.24, 2.45) is 0 Å². The lowest BCUT2D eigenvalue weighted by atomic mass is 10.0. The zero-order chi connectivity index (χ0) is 12.3. The number of nitrogens with zero attached hydrogens (tertiary/aromatic N) is 2. The van der Waals surface area contributed by atoms with Crippen LogP contribution in [-0.4, -0.2) is 41.9 Å². The van der Waals surface area contributed by atoms with E-state index in [9.17, 15) is 0 Å². The van der Waals surface area contributed by atoms with Crippen molar-refractivity contribution in [3.8, 4) is 0 Å². The van der Waals surface area contributed by atoms with Crippen LogP contribution in [0.15, 0.2) is 30.6 Å². The maximum Gasteiger partial charge on any atom is 0.140 e. The SMILES string of the molecule is C.[B]C(=N)/C=C\c1ncc(C2=CN(C)CC=C2)[nH]1. The summed E-state index contributed by atoms with van der Waals surface area (Å²) in [5, 5.41) is 7.09. The van der Waals surface area contributed by atoms with Crippen molar-refractivity contribution in [1.82, 2.24) is 14.9 Å². The van der Waals surface area contributed by atoms with Crippen molar-refractivity contribution in [3.63, 3.8) is 0 Å². The molecular formula is C13H17BN4. The monoisotopic (exact) mass is 240 g/mol. The lowest BCUT2D eigenvalue weighted by molar-refractivity contribution is 0.507. The molecule has 0 unspecified atom stereocenters. The minimum Gasteiger partial charge on any atom is -0.376 e. The van der Waals surface area contributed by atoms with E-state index in [0.29, 0.717) is 5.82 Å². The maximum absolute atomic E-state index is 7.09. The Bertz CT molecular complexity index is 511. The number of rotatable bonds is 3. The summed E-state index contributed by atoms with van der Waals surface area (Å²) in [5.74, 6) is 0.692. The van der Waals surface area contributed by atoms with Crippen molar-refractivity contribution in [3.05, 3.63) is 42.1 Å². The lowest BCUT2D eigenvalue weighted by Crippen LogP contribution is -2.13. The van der Waals surface area contributed by atoms with Gasteiger partial charge in [-0.3, -0.25) is 0 Å². The summed E-state index contributed by atoms with van der Waals surface area (Å²) in [6, 6.07) is 0. The summed E-state index contributed by atoms with van der Waals surface area (Å²) in [4.78, 5) is 9.46. The lowest BCUT2D eigenvalue weighted by Gasteiger charge is -2.16. The average molecular weight is 240 g/mol. The van der Waals surface area contributed by atoms with Gasteiger partial charge in [0.05, 0.1) is 11.9 Å². The van der Waals surface area contributed by atoms with Crippen LogP contribution in [0.5, 0.6) is 0 Å². The molecule has 1 aliphatic heterocycles. The van der Waals surface area contributed by atoms with E-state index in [1.165, 1.54) is 6.08 Å². The first-order valence-corrected chi connectivity index (χ1v) is 5.31. The van der Waals surface area contributed by atoms with E-state index in [2.05, 4.69) is 33.2 Å². The van der Waals surface area contributed by atoms with Crippen LogP contribution in [-0.2, 0) is 0 Å². The molecule has 0 saturated heterocycles. The van der Waals surface area contributed by atoms with Gasteiger partial charge in [0.25, 0.3) is 0 Å². The third-order valence-corrected chi connectivity index (χ3v) is 2.38. The van der Waals surface area contributed by atoms with Crippen molar-refractivity contribution in [1.29, 1.82) is 5.41 Å². The smallest absolute Gasteiger partial charge is 0.140 e. The van der Waals surface area contributed by atoms with E-state index in [1.54, 1.807) is 12.3 Å². The summed E-state index contributed by atoms with van der Waals surface area (Å²) in [6.07, 6.45) is 11.2. The van der Waals surface area contributed by atoms with E-state index in [1.807, 2.05) is 7.05 Å². The third-order valence-electron chi connectivity index (χ3n) is 2.38. The molecule has 0 fully saturated rings. The average Bonchev–Trinajstić information content (AvgIpc) is 2.75. The van der Waals surface area contributed by atoms with Crippen molar-refractivity contribution in [2.45, 2.75) is 7.43 Å². The normalized spacial score (nSPS) is 14.5. The van der Waals surface area contributed by atoms with Gasteiger partial charge in [-0.25, -0.2) is 4.98 Å². The van der Waals surface area contributed by atoms with Gasteiger partial charge in [0.1, 0.15) is 13.7 Å². The fourth-order valence-electron chi connectivity index (χ4n) is 1.58. The number of nitrogens with one attached hydrogen (secondary N) is 2. The molecule has 0 spiro atoms. The first-order valence-electron chi connectivity index (χ1n) is 5.31. The van der Waals surface area contributed by atoms with Gasteiger partial charge in [0.2, 0.25) is 0 Å². The molecule has 0 aliphatic carbocycles. The van der Waals surface area contributed by atoms with Crippen LogP contribution < -0.4 is 0 Å². The molecule has 1 aliphatic rings. The minimum atomic E-state index is 0. The van der Waals surface area contributed by atoms with Crippen molar-refractivity contribution in [2.75, 3.05) is 13.6 Å². The zero-order valence-electron chi connectivity index (χ0n) is 9.64. The van der Waals surface area contributed by atoms with Gasteiger partial charge >= 0.3 is 0 Å². The molecule has 0 saturated carbocycles. The van der Waals surface area contributed by atoms with Gasteiger partial charge in [-0.05, 0) is 17.8 Å². The molecule has 0 atom stereocenters. The molecule has 4 nitrogen and oxygen atoms in total.